The standard InChI is InChI=1S/C10H11Cl2NO2/c1-13-9(10(14)15-2)6-4-3-5-7(11)8(6)12/h3-5,9,13H,1-2H3. The zero-order valence-corrected chi connectivity index (χ0v) is 9.89. The molecule has 3 nitrogen and oxygen atoms in total. The van der Waals surface area contributed by atoms with Crippen molar-refractivity contribution in [3.63, 3.8) is 0 Å². The van der Waals surface area contributed by atoms with Crippen molar-refractivity contribution in [2.24, 2.45) is 0 Å². The first-order chi connectivity index (χ1) is 7.11. The van der Waals surface area contributed by atoms with Gasteiger partial charge in [0.1, 0.15) is 6.04 Å². The first-order valence-corrected chi connectivity index (χ1v) is 5.06. The van der Waals surface area contributed by atoms with Gasteiger partial charge < -0.3 is 10.1 Å². The maximum absolute atomic E-state index is 11.4. The van der Waals surface area contributed by atoms with Crippen LogP contribution in [0.3, 0.4) is 0 Å². The van der Waals surface area contributed by atoms with Crippen LogP contribution in [0.4, 0.5) is 0 Å². The third kappa shape index (κ3) is 2.62. The molecule has 5 heteroatoms. The number of benzene rings is 1. The molecule has 0 aromatic heterocycles. The van der Waals surface area contributed by atoms with Gasteiger partial charge in [-0.05, 0) is 13.1 Å². The second kappa shape index (κ2) is 5.35. The molecule has 0 aliphatic heterocycles. The number of nitrogens with one attached hydrogen (secondary N) is 1. The van der Waals surface area contributed by atoms with Crippen LogP contribution in [0.5, 0.6) is 0 Å². The van der Waals surface area contributed by atoms with Gasteiger partial charge in [0.25, 0.3) is 0 Å². The highest BCUT2D eigenvalue weighted by molar-refractivity contribution is 6.42. The van der Waals surface area contributed by atoms with Crippen molar-refractivity contribution in [1.82, 2.24) is 5.32 Å². The Morgan fingerprint density at radius 2 is 2.13 bits per heavy atom. The van der Waals surface area contributed by atoms with E-state index >= 15 is 0 Å². The van der Waals surface area contributed by atoms with Gasteiger partial charge in [0, 0.05) is 5.56 Å². The SMILES string of the molecule is CNC(C(=O)OC)c1cccc(Cl)c1Cl. The molecule has 1 aromatic rings. The summed E-state index contributed by atoms with van der Waals surface area (Å²) in [5.74, 6) is -0.401. The molecule has 0 aliphatic rings. The third-order valence-corrected chi connectivity index (χ3v) is 2.85. The lowest BCUT2D eigenvalue weighted by Crippen LogP contribution is -2.26. The largest absolute Gasteiger partial charge is 0.468 e. The summed E-state index contributed by atoms with van der Waals surface area (Å²) in [5, 5.41) is 3.60. The summed E-state index contributed by atoms with van der Waals surface area (Å²) in [4.78, 5) is 11.4. The number of esters is 1. The minimum Gasteiger partial charge on any atom is -0.468 e. The van der Waals surface area contributed by atoms with Crippen LogP contribution in [0.2, 0.25) is 10.0 Å². The van der Waals surface area contributed by atoms with Crippen LogP contribution >= 0.6 is 23.2 Å². The predicted molar refractivity (Wildman–Crippen MR) is 60.3 cm³/mol. The van der Waals surface area contributed by atoms with Gasteiger partial charge in [0.15, 0.2) is 0 Å². The molecule has 1 atom stereocenters. The molecule has 0 bridgehead atoms. The molecule has 0 spiro atoms. The lowest BCUT2D eigenvalue weighted by molar-refractivity contribution is -0.143. The van der Waals surface area contributed by atoms with Crippen molar-refractivity contribution in [1.29, 1.82) is 0 Å². The van der Waals surface area contributed by atoms with Gasteiger partial charge in [0.2, 0.25) is 0 Å². The van der Waals surface area contributed by atoms with E-state index in [1.54, 1.807) is 25.2 Å². The fraction of sp³-hybridized carbons (Fsp3) is 0.300. The zero-order valence-electron chi connectivity index (χ0n) is 8.38. The van der Waals surface area contributed by atoms with Crippen LogP contribution in [-0.4, -0.2) is 20.1 Å². The number of halogens is 2. The maximum atomic E-state index is 11.4. The molecule has 0 aliphatic carbocycles. The number of carbonyl (C=O) groups excluding carboxylic acids is 1. The summed E-state index contributed by atoms with van der Waals surface area (Å²) in [6, 6.07) is 4.53. The molecule has 1 unspecified atom stereocenters. The molecule has 1 rings (SSSR count). The normalized spacial score (nSPS) is 12.3. The van der Waals surface area contributed by atoms with Crippen molar-refractivity contribution < 1.29 is 9.53 Å². The Morgan fingerprint density at radius 3 is 2.67 bits per heavy atom. The van der Waals surface area contributed by atoms with Gasteiger partial charge in [-0.2, -0.15) is 0 Å². The van der Waals surface area contributed by atoms with E-state index in [1.807, 2.05) is 0 Å². The van der Waals surface area contributed by atoms with Gasteiger partial charge in [0.05, 0.1) is 17.2 Å². The minimum atomic E-state index is -0.596. The van der Waals surface area contributed by atoms with Crippen molar-refractivity contribution in [3.05, 3.63) is 33.8 Å². The van der Waals surface area contributed by atoms with Crippen LogP contribution in [-0.2, 0) is 9.53 Å². The highest BCUT2D eigenvalue weighted by Crippen LogP contribution is 2.30. The summed E-state index contributed by atoms with van der Waals surface area (Å²) in [6.45, 7) is 0. The summed E-state index contributed by atoms with van der Waals surface area (Å²) < 4.78 is 4.65. The summed E-state index contributed by atoms with van der Waals surface area (Å²) in [6.07, 6.45) is 0. The van der Waals surface area contributed by atoms with Gasteiger partial charge >= 0.3 is 5.97 Å². The van der Waals surface area contributed by atoms with E-state index in [0.717, 1.165) is 0 Å². The number of carbonyl (C=O) groups is 1. The molecule has 0 amide bonds. The van der Waals surface area contributed by atoms with E-state index < -0.39 is 12.0 Å². The number of hydrogen-bond donors (Lipinski definition) is 1. The van der Waals surface area contributed by atoms with Crippen molar-refractivity contribution >= 4 is 29.2 Å². The Labute approximate surface area is 98.3 Å². The van der Waals surface area contributed by atoms with E-state index in [-0.39, 0.29) is 0 Å². The first-order valence-electron chi connectivity index (χ1n) is 4.30. The first kappa shape index (κ1) is 12.3. The number of likely N-dealkylation sites (N-methyl/N-ethyl adjacent to an activating group) is 1. The van der Waals surface area contributed by atoms with Gasteiger partial charge in [-0.3, -0.25) is 0 Å². The van der Waals surface area contributed by atoms with Crippen LogP contribution in [0, 0.1) is 0 Å². The average Bonchev–Trinajstić information content (AvgIpc) is 2.24. The van der Waals surface area contributed by atoms with Crippen molar-refractivity contribution in [3.8, 4) is 0 Å². The third-order valence-electron chi connectivity index (χ3n) is 2.02. The van der Waals surface area contributed by atoms with Crippen LogP contribution < -0.4 is 5.32 Å². The number of ether oxygens (including phenoxy) is 1. The molecule has 0 radical (unpaired) electrons. The summed E-state index contributed by atoms with van der Waals surface area (Å²) >= 11 is 11.8. The highest BCUT2D eigenvalue weighted by Gasteiger charge is 2.22. The van der Waals surface area contributed by atoms with E-state index in [9.17, 15) is 4.79 Å². The van der Waals surface area contributed by atoms with E-state index in [4.69, 9.17) is 23.2 Å². The smallest absolute Gasteiger partial charge is 0.327 e. The van der Waals surface area contributed by atoms with Crippen LogP contribution in [0.1, 0.15) is 11.6 Å². The molecular formula is C10H11Cl2NO2. The summed E-state index contributed by atoms with van der Waals surface area (Å²) in [5.41, 5.74) is 0.610. The quantitative estimate of drug-likeness (QED) is 0.835. The zero-order chi connectivity index (χ0) is 11.4. The number of rotatable bonds is 3. The lowest BCUT2D eigenvalue weighted by atomic mass is 10.1. The van der Waals surface area contributed by atoms with Gasteiger partial charge in [-0.25, -0.2) is 4.79 Å². The molecule has 15 heavy (non-hydrogen) atoms. The Kier molecular flexibility index (Phi) is 4.39. The maximum Gasteiger partial charge on any atom is 0.327 e. The molecule has 0 heterocycles. The summed E-state index contributed by atoms with van der Waals surface area (Å²) in [7, 11) is 2.98. The minimum absolute atomic E-state index is 0.365. The van der Waals surface area contributed by atoms with Crippen LogP contribution in [0.15, 0.2) is 18.2 Å². The number of methoxy groups -OCH3 is 1. The second-order valence-corrected chi connectivity index (χ2v) is 3.67. The van der Waals surface area contributed by atoms with Crippen LogP contribution in [0.25, 0.3) is 0 Å². The monoisotopic (exact) mass is 247 g/mol. The van der Waals surface area contributed by atoms with Gasteiger partial charge in [-0.15, -0.1) is 0 Å². The molecule has 0 fully saturated rings. The Hall–Kier alpha value is -0.770. The molecule has 1 aromatic carbocycles. The average molecular weight is 248 g/mol. The second-order valence-electron chi connectivity index (χ2n) is 2.89. The van der Waals surface area contributed by atoms with E-state index in [1.165, 1.54) is 7.11 Å². The Morgan fingerprint density at radius 1 is 1.47 bits per heavy atom. The predicted octanol–water partition coefficient (Wildman–Crippen LogP) is 2.43. The Balaban J connectivity index is 3.12. The molecule has 82 valence electrons. The fourth-order valence-corrected chi connectivity index (χ4v) is 1.68. The molecule has 0 saturated carbocycles. The fourth-order valence-electron chi connectivity index (χ4n) is 1.26. The van der Waals surface area contributed by atoms with Crippen molar-refractivity contribution in [2.75, 3.05) is 14.2 Å². The topological polar surface area (TPSA) is 38.3 Å². The van der Waals surface area contributed by atoms with Crippen molar-refractivity contribution in [2.45, 2.75) is 6.04 Å². The number of hydrogen-bond acceptors (Lipinski definition) is 3. The van der Waals surface area contributed by atoms with E-state index in [0.29, 0.717) is 15.6 Å². The molecule has 0 saturated heterocycles. The molecular weight excluding hydrogens is 237 g/mol. The Bertz CT molecular complexity index is 368. The van der Waals surface area contributed by atoms with E-state index in [2.05, 4.69) is 10.1 Å². The highest BCUT2D eigenvalue weighted by atomic mass is 35.5. The van der Waals surface area contributed by atoms with Gasteiger partial charge in [-0.1, -0.05) is 35.3 Å². The lowest BCUT2D eigenvalue weighted by Gasteiger charge is -2.15. The molecule has 1 N–H and O–H groups in total.